The van der Waals surface area contributed by atoms with Crippen molar-refractivity contribution in [2.75, 3.05) is 6.54 Å². The van der Waals surface area contributed by atoms with E-state index in [2.05, 4.69) is 19.2 Å². The molecule has 1 aliphatic carbocycles. The van der Waals surface area contributed by atoms with E-state index >= 15 is 0 Å². The number of unbranched alkanes of at least 4 members (excludes halogenated alkanes) is 1. The zero-order chi connectivity index (χ0) is 12.7. The van der Waals surface area contributed by atoms with E-state index in [1.165, 1.54) is 12.8 Å². The van der Waals surface area contributed by atoms with E-state index < -0.39 is 5.92 Å². The lowest BCUT2D eigenvalue weighted by atomic mass is 9.80. The van der Waals surface area contributed by atoms with Crippen LogP contribution in [-0.2, 0) is 0 Å². The molecule has 0 radical (unpaired) electrons. The number of rotatable bonds is 7. The topological polar surface area (TPSA) is 12.0 Å². The summed E-state index contributed by atoms with van der Waals surface area (Å²) in [7, 11) is 0. The molecule has 3 heteroatoms. The van der Waals surface area contributed by atoms with Crippen molar-refractivity contribution < 1.29 is 8.78 Å². The number of halogens is 2. The molecule has 0 spiro atoms. The minimum atomic E-state index is -2.39. The Morgan fingerprint density at radius 1 is 1.18 bits per heavy atom. The Morgan fingerprint density at radius 3 is 2.35 bits per heavy atom. The Kier molecular flexibility index (Phi) is 6.39. The average molecular weight is 247 g/mol. The summed E-state index contributed by atoms with van der Waals surface area (Å²) < 4.78 is 26.2. The van der Waals surface area contributed by atoms with Gasteiger partial charge in [0.25, 0.3) is 0 Å². The fraction of sp³-hybridized carbons (Fsp3) is 1.00. The van der Waals surface area contributed by atoms with Gasteiger partial charge in [-0.3, -0.25) is 0 Å². The van der Waals surface area contributed by atoms with Gasteiger partial charge < -0.3 is 5.32 Å². The van der Waals surface area contributed by atoms with Crippen LogP contribution in [-0.4, -0.2) is 18.5 Å². The highest BCUT2D eigenvalue weighted by Gasteiger charge is 2.37. The Hall–Kier alpha value is -0.180. The fourth-order valence-corrected chi connectivity index (χ4v) is 2.72. The molecule has 0 aliphatic heterocycles. The second kappa shape index (κ2) is 7.30. The van der Waals surface area contributed by atoms with Crippen LogP contribution >= 0.6 is 0 Å². The van der Waals surface area contributed by atoms with Gasteiger partial charge in [-0.25, -0.2) is 8.78 Å². The van der Waals surface area contributed by atoms with Gasteiger partial charge in [0, 0.05) is 18.9 Å². The lowest BCUT2D eigenvalue weighted by molar-refractivity contribution is -0.0499. The van der Waals surface area contributed by atoms with Crippen molar-refractivity contribution in [2.24, 2.45) is 5.92 Å². The third-order valence-corrected chi connectivity index (χ3v) is 3.86. The predicted octanol–water partition coefficient (Wildman–Crippen LogP) is 4.37. The van der Waals surface area contributed by atoms with Crippen LogP contribution in [0.2, 0.25) is 0 Å². The second-order valence-corrected chi connectivity index (χ2v) is 5.40. The van der Waals surface area contributed by atoms with Gasteiger partial charge in [-0.1, -0.05) is 26.7 Å². The van der Waals surface area contributed by atoms with Crippen molar-refractivity contribution in [1.82, 2.24) is 5.32 Å². The first-order valence-electron chi connectivity index (χ1n) is 7.20. The molecule has 0 aromatic heterocycles. The Bertz CT molecular complexity index is 188. The van der Waals surface area contributed by atoms with Gasteiger partial charge >= 0.3 is 0 Å². The predicted molar refractivity (Wildman–Crippen MR) is 68.5 cm³/mol. The van der Waals surface area contributed by atoms with E-state index in [0.29, 0.717) is 24.8 Å². The van der Waals surface area contributed by atoms with E-state index in [0.717, 1.165) is 19.4 Å². The van der Waals surface area contributed by atoms with E-state index in [1.54, 1.807) is 0 Å². The van der Waals surface area contributed by atoms with Crippen LogP contribution in [0.25, 0.3) is 0 Å². The second-order valence-electron chi connectivity index (χ2n) is 5.40. The highest BCUT2D eigenvalue weighted by atomic mass is 19.3. The monoisotopic (exact) mass is 247 g/mol. The summed E-state index contributed by atoms with van der Waals surface area (Å²) in [4.78, 5) is 0. The van der Waals surface area contributed by atoms with Crippen molar-refractivity contribution in [3.8, 4) is 0 Å². The summed E-state index contributed by atoms with van der Waals surface area (Å²) in [6.07, 6.45) is 6.22. The maximum absolute atomic E-state index is 13.1. The van der Waals surface area contributed by atoms with Crippen LogP contribution in [0.15, 0.2) is 0 Å². The van der Waals surface area contributed by atoms with Crippen LogP contribution in [0.1, 0.15) is 65.2 Å². The summed E-state index contributed by atoms with van der Waals surface area (Å²) >= 11 is 0. The molecular formula is C14H27F2N. The summed E-state index contributed by atoms with van der Waals surface area (Å²) in [6.45, 7) is 5.35. The Labute approximate surface area is 104 Å². The highest BCUT2D eigenvalue weighted by Crippen LogP contribution is 2.38. The minimum Gasteiger partial charge on any atom is -0.314 e. The molecule has 17 heavy (non-hydrogen) atoms. The van der Waals surface area contributed by atoms with Gasteiger partial charge in [-0.05, 0) is 38.1 Å². The van der Waals surface area contributed by atoms with Crippen LogP contribution in [0, 0.1) is 5.92 Å². The van der Waals surface area contributed by atoms with E-state index in [1.807, 2.05) is 0 Å². The molecule has 1 atom stereocenters. The number of alkyl halides is 2. The van der Waals surface area contributed by atoms with E-state index in [4.69, 9.17) is 0 Å². The highest BCUT2D eigenvalue weighted by molar-refractivity contribution is 4.84. The van der Waals surface area contributed by atoms with E-state index in [9.17, 15) is 8.78 Å². The van der Waals surface area contributed by atoms with Crippen LogP contribution in [0.5, 0.6) is 0 Å². The molecule has 0 heterocycles. The number of hydrogen-bond donors (Lipinski definition) is 1. The molecule has 1 saturated carbocycles. The first kappa shape index (κ1) is 14.9. The largest absolute Gasteiger partial charge is 0.314 e. The van der Waals surface area contributed by atoms with Gasteiger partial charge in [0.2, 0.25) is 5.92 Å². The molecule has 1 N–H and O–H groups in total. The zero-order valence-corrected chi connectivity index (χ0v) is 11.3. The van der Waals surface area contributed by atoms with Crippen molar-refractivity contribution in [3.63, 3.8) is 0 Å². The average Bonchev–Trinajstić information content (AvgIpc) is 2.30. The fourth-order valence-electron chi connectivity index (χ4n) is 2.72. The normalized spacial score (nSPS) is 22.6. The van der Waals surface area contributed by atoms with Crippen LogP contribution in [0.4, 0.5) is 8.78 Å². The van der Waals surface area contributed by atoms with Gasteiger partial charge in [0.1, 0.15) is 0 Å². The van der Waals surface area contributed by atoms with Gasteiger partial charge in [-0.2, -0.15) is 0 Å². The quantitative estimate of drug-likeness (QED) is 0.704. The smallest absolute Gasteiger partial charge is 0.248 e. The molecule has 0 aromatic carbocycles. The summed E-state index contributed by atoms with van der Waals surface area (Å²) in [5.41, 5.74) is 0. The van der Waals surface area contributed by atoms with Gasteiger partial charge in [0.05, 0.1) is 0 Å². The Morgan fingerprint density at radius 2 is 1.82 bits per heavy atom. The first-order chi connectivity index (χ1) is 8.09. The molecule has 0 aromatic rings. The molecule has 1 aliphatic rings. The molecule has 102 valence electrons. The van der Waals surface area contributed by atoms with Crippen molar-refractivity contribution in [3.05, 3.63) is 0 Å². The van der Waals surface area contributed by atoms with Crippen LogP contribution in [0.3, 0.4) is 0 Å². The van der Waals surface area contributed by atoms with Gasteiger partial charge in [0.15, 0.2) is 0 Å². The molecule has 0 saturated heterocycles. The maximum atomic E-state index is 13.1. The van der Waals surface area contributed by atoms with E-state index in [-0.39, 0.29) is 12.8 Å². The zero-order valence-electron chi connectivity index (χ0n) is 11.3. The third-order valence-electron chi connectivity index (χ3n) is 3.86. The summed E-state index contributed by atoms with van der Waals surface area (Å²) in [5.74, 6) is -1.93. The number of hydrogen-bond acceptors (Lipinski definition) is 1. The molecule has 1 rings (SSSR count). The summed E-state index contributed by atoms with van der Waals surface area (Å²) in [6, 6.07) is 0.464. The first-order valence-corrected chi connectivity index (χ1v) is 7.20. The minimum absolute atomic E-state index is 0.0914. The molecular weight excluding hydrogens is 220 g/mol. The van der Waals surface area contributed by atoms with Crippen molar-refractivity contribution >= 4 is 0 Å². The van der Waals surface area contributed by atoms with Gasteiger partial charge in [-0.15, -0.1) is 0 Å². The standard InChI is InChI=1S/C14H27F2N/c1-3-5-6-13(17-11-4-2)12-7-9-14(15,16)10-8-12/h12-13,17H,3-11H2,1-2H3. The lowest BCUT2D eigenvalue weighted by Crippen LogP contribution is -2.40. The summed E-state index contributed by atoms with van der Waals surface area (Å²) in [5, 5.41) is 3.56. The maximum Gasteiger partial charge on any atom is 0.248 e. The molecule has 1 unspecified atom stereocenters. The third kappa shape index (κ3) is 5.33. The molecule has 0 amide bonds. The van der Waals surface area contributed by atoms with Crippen LogP contribution < -0.4 is 5.32 Å². The Balaban J connectivity index is 2.40. The van der Waals surface area contributed by atoms with Crippen molar-refractivity contribution in [1.29, 1.82) is 0 Å². The molecule has 1 nitrogen and oxygen atoms in total. The van der Waals surface area contributed by atoms with Crippen molar-refractivity contribution in [2.45, 2.75) is 77.2 Å². The molecule has 1 fully saturated rings. The number of nitrogens with one attached hydrogen (secondary N) is 1. The SMILES string of the molecule is CCCCC(NCCC)C1CCC(F)(F)CC1. The lowest BCUT2D eigenvalue weighted by Gasteiger charge is -2.34. The molecule has 0 bridgehead atoms.